The third-order valence-corrected chi connectivity index (χ3v) is 3.62. The Balaban J connectivity index is 2.64. The molecule has 0 saturated heterocycles. The Morgan fingerprint density at radius 1 is 1.50 bits per heavy atom. The monoisotopic (exact) mass is 297 g/mol. The molecule has 0 saturated carbocycles. The molecule has 0 aromatic carbocycles. The Morgan fingerprint density at radius 3 is 2.90 bits per heavy atom. The molecule has 1 amide bonds. The summed E-state index contributed by atoms with van der Waals surface area (Å²) in [7, 11) is -0.830. The van der Waals surface area contributed by atoms with Gasteiger partial charge in [0, 0.05) is 41.6 Å². The van der Waals surface area contributed by atoms with Crippen LogP contribution >= 0.6 is 0 Å². The molecular weight excluding hydrogens is 274 g/mol. The van der Waals surface area contributed by atoms with Crippen LogP contribution in [0.15, 0.2) is 18.3 Å². The lowest BCUT2D eigenvalue weighted by molar-refractivity contribution is 0.0940. The number of carbonyl (C=O) groups excluding carboxylic acids is 1. The molecule has 2 N–H and O–H groups in total. The number of aromatic nitrogens is 1. The van der Waals surface area contributed by atoms with Crippen LogP contribution in [0.5, 0.6) is 0 Å². The maximum atomic E-state index is 12.2. The van der Waals surface area contributed by atoms with Crippen LogP contribution in [-0.4, -0.2) is 39.7 Å². The molecule has 2 unspecified atom stereocenters. The molecule has 1 heterocycles. The Kier molecular flexibility index (Phi) is 7.22. The third kappa shape index (κ3) is 5.69. The first kappa shape index (κ1) is 16.6. The molecule has 1 aromatic rings. The number of hydrogen-bond acceptors (Lipinski definition) is 4. The smallest absolute Gasteiger partial charge is 0.255 e. The van der Waals surface area contributed by atoms with E-state index in [9.17, 15) is 9.00 Å². The molecule has 112 valence electrons. The van der Waals surface area contributed by atoms with Crippen LogP contribution in [0.25, 0.3) is 0 Å². The average molecular weight is 297 g/mol. The van der Waals surface area contributed by atoms with Crippen molar-refractivity contribution in [1.82, 2.24) is 10.3 Å². The van der Waals surface area contributed by atoms with Gasteiger partial charge < -0.3 is 10.6 Å². The van der Waals surface area contributed by atoms with Gasteiger partial charge in [0.15, 0.2) is 0 Å². The Morgan fingerprint density at radius 2 is 2.25 bits per heavy atom. The quantitative estimate of drug-likeness (QED) is 0.767. The maximum Gasteiger partial charge on any atom is 0.255 e. The third-order valence-electron chi connectivity index (χ3n) is 2.81. The fourth-order valence-corrected chi connectivity index (χ4v) is 2.37. The van der Waals surface area contributed by atoms with Crippen molar-refractivity contribution in [2.75, 3.05) is 23.9 Å². The lowest BCUT2D eigenvalue weighted by atomic mass is 10.2. The van der Waals surface area contributed by atoms with E-state index in [-0.39, 0.29) is 11.9 Å². The minimum atomic E-state index is -0.830. The van der Waals surface area contributed by atoms with Gasteiger partial charge in [-0.3, -0.25) is 9.00 Å². The predicted octanol–water partition coefficient (Wildman–Crippen LogP) is 1.79. The number of anilines is 1. The second kappa shape index (κ2) is 8.68. The number of nitrogens with one attached hydrogen (secondary N) is 2. The number of hydrogen-bond donors (Lipinski definition) is 2. The highest BCUT2D eigenvalue weighted by Crippen LogP contribution is 2.11. The summed E-state index contributed by atoms with van der Waals surface area (Å²) in [5, 5.41) is 6.06. The molecule has 0 fully saturated rings. The molecule has 20 heavy (non-hydrogen) atoms. The van der Waals surface area contributed by atoms with Gasteiger partial charge in [-0.25, -0.2) is 4.98 Å². The van der Waals surface area contributed by atoms with E-state index in [4.69, 9.17) is 0 Å². The van der Waals surface area contributed by atoms with E-state index >= 15 is 0 Å². The average Bonchev–Trinajstić information content (AvgIpc) is 2.43. The van der Waals surface area contributed by atoms with Gasteiger partial charge in [0.1, 0.15) is 5.82 Å². The van der Waals surface area contributed by atoms with E-state index < -0.39 is 10.8 Å². The highest BCUT2D eigenvalue weighted by Gasteiger charge is 2.14. The van der Waals surface area contributed by atoms with Crippen LogP contribution in [0, 0.1) is 0 Å². The molecule has 0 aliphatic carbocycles. The van der Waals surface area contributed by atoms with Gasteiger partial charge in [-0.1, -0.05) is 6.92 Å². The van der Waals surface area contributed by atoms with Crippen molar-refractivity contribution in [2.45, 2.75) is 32.7 Å². The molecule has 1 aromatic heterocycles. The van der Waals surface area contributed by atoms with Crippen LogP contribution in [0.1, 0.15) is 37.0 Å². The first-order valence-electron chi connectivity index (χ1n) is 6.84. The van der Waals surface area contributed by atoms with Crippen molar-refractivity contribution in [2.24, 2.45) is 0 Å². The maximum absolute atomic E-state index is 12.2. The molecule has 0 radical (unpaired) electrons. The van der Waals surface area contributed by atoms with Crippen molar-refractivity contribution in [1.29, 1.82) is 0 Å². The first-order chi connectivity index (χ1) is 9.54. The zero-order valence-electron chi connectivity index (χ0n) is 12.3. The molecule has 0 aliphatic rings. The van der Waals surface area contributed by atoms with Crippen LogP contribution in [0.3, 0.4) is 0 Å². The van der Waals surface area contributed by atoms with Gasteiger partial charge in [-0.2, -0.15) is 0 Å². The second-order valence-electron chi connectivity index (χ2n) is 4.77. The molecule has 5 nitrogen and oxygen atoms in total. The van der Waals surface area contributed by atoms with E-state index in [0.717, 1.165) is 13.0 Å². The van der Waals surface area contributed by atoms with E-state index in [1.807, 2.05) is 6.92 Å². The second-order valence-corrected chi connectivity index (χ2v) is 6.32. The summed E-state index contributed by atoms with van der Waals surface area (Å²) in [4.78, 5) is 16.4. The van der Waals surface area contributed by atoms with Crippen molar-refractivity contribution in [3.8, 4) is 0 Å². The standard InChI is InChI=1S/C14H23N3O2S/c1-4-8-15-13-12(6-5-9-16-13)14(18)17-11(2)7-10-20(3)19/h5-6,9,11H,4,7-8,10H2,1-3H3,(H,15,16)(H,17,18). The van der Waals surface area contributed by atoms with E-state index in [1.165, 1.54) is 0 Å². The Bertz CT molecular complexity index is 465. The molecule has 0 bridgehead atoms. The molecular formula is C14H23N3O2S. The molecule has 2 atom stereocenters. The number of carbonyl (C=O) groups is 1. The Labute approximate surface area is 123 Å². The summed E-state index contributed by atoms with van der Waals surface area (Å²) in [5.41, 5.74) is 0.547. The van der Waals surface area contributed by atoms with Crippen molar-refractivity contribution in [3.05, 3.63) is 23.9 Å². The lowest BCUT2D eigenvalue weighted by Gasteiger charge is -2.15. The summed E-state index contributed by atoms with van der Waals surface area (Å²) < 4.78 is 11.1. The van der Waals surface area contributed by atoms with E-state index in [2.05, 4.69) is 22.5 Å². The highest BCUT2D eigenvalue weighted by molar-refractivity contribution is 7.84. The van der Waals surface area contributed by atoms with Gasteiger partial charge in [0.25, 0.3) is 5.91 Å². The summed E-state index contributed by atoms with van der Waals surface area (Å²) in [6.45, 7) is 4.75. The van der Waals surface area contributed by atoms with Gasteiger partial charge in [-0.15, -0.1) is 0 Å². The predicted molar refractivity (Wildman–Crippen MR) is 83.5 cm³/mol. The van der Waals surface area contributed by atoms with Crippen molar-refractivity contribution >= 4 is 22.5 Å². The van der Waals surface area contributed by atoms with E-state index in [0.29, 0.717) is 23.6 Å². The number of rotatable bonds is 8. The number of amides is 1. The zero-order valence-corrected chi connectivity index (χ0v) is 13.1. The van der Waals surface area contributed by atoms with Gasteiger partial charge >= 0.3 is 0 Å². The van der Waals surface area contributed by atoms with Crippen molar-refractivity contribution in [3.63, 3.8) is 0 Å². The molecule has 1 rings (SSSR count). The largest absolute Gasteiger partial charge is 0.369 e. The topological polar surface area (TPSA) is 71.1 Å². The van der Waals surface area contributed by atoms with Crippen LogP contribution < -0.4 is 10.6 Å². The summed E-state index contributed by atoms with van der Waals surface area (Å²) in [6, 6.07) is 3.49. The summed E-state index contributed by atoms with van der Waals surface area (Å²) >= 11 is 0. The molecule has 0 aliphatic heterocycles. The zero-order chi connectivity index (χ0) is 15.0. The van der Waals surface area contributed by atoms with Crippen molar-refractivity contribution < 1.29 is 9.00 Å². The van der Waals surface area contributed by atoms with Gasteiger partial charge in [-0.05, 0) is 31.9 Å². The van der Waals surface area contributed by atoms with Crippen LogP contribution in [-0.2, 0) is 10.8 Å². The number of pyridine rings is 1. The normalized spacial score (nSPS) is 13.6. The van der Waals surface area contributed by atoms with Crippen LogP contribution in [0.4, 0.5) is 5.82 Å². The fourth-order valence-electron chi connectivity index (χ4n) is 1.69. The first-order valence-corrected chi connectivity index (χ1v) is 8.57. The molecule has 0 spiro atoms. The van der Waals surface area contributed by atoms with Gasteiger partial charge in [0.05, 0.1) is 5.56 Å². The fraction of sp³-hybridized carbons (Fsp3) is 0.571. The summed E-state index contributed by atoms with van der Waals surface area (Å²) in [6.07, 6.45) is 5.00. The van der Waals surface area contributed by atoms with Crippen LogP contribution in [0.2, 0.25) is 0 Å². The lowest BCUT2D eigenvalue weighted by Crippen LogP contribution is -2.34. The molecule has 6 heteroatoms. The van der Waals surface area contributed by atoms with E-state index in [1.54, 1.807) is 24.6 Å². The number of nitrogens with zero attached hydrogens (tertiary/aromatic N) is 1. The van der Waals surface area contributed by atoms with Gasteiger partial charge in [0.2, 0.25) is 0 Å². The highest BCUT2D eigenvalue weighted by atomic mass is 32.2. The minimum absolute atomic E-state index is 0.00867. The minimum Gasteiger partial charge on any atom is -0.369 e. The summed E-state index contributed by atoms with van der Waals surface area (Å²) in [5.74, 6) is 1.05. The SMILES string of the molecule is CCCNc1ncccc1C(=O)NC(C)CCS(C)=O. The Hall–Kier alpha value is -1.43.